The second kappa shape index (κ2) is 9.13. The minimum Gasteiger partial charge on any atom is -0.485 e. The minimum atomic E-state index is -0.0660. The molecule has 152 valence electrons. The summed E-state index contributed by atoms with van der Waals surface area (Å²) in [6.45, 7) is 8.34. The van der Waals surface area contributed by atoms with E-state index in [1.807, 2.05) is 75.7 Å². The molecule has 0 atom stereocenters. The molecule has 1 N–H and O–H groups in total. The number of para-hydroxylation sites is 2. The Balaban J connectivity index is 1.59. The van der Waals surface area contributed by atoms with Gasteiger partial charge < -0.3 is 14.6 Å². The van der Waals surface area contributed by atoms with E-state index in [1.54, 1.807) is 0 Å². The lowest BCUT2D eigenvalue weighted by Gasteiger charge is -2.12. The Morgan fingerprint density at radius 2 is 1.59 bits per heavy atom. The highest BCUT2D eigenvalue weighted by Gasteiger charge is 2.14. The zero-order valence-electron chi connectivity index (χ0n) is 17.4. The van der Waals surface area contributed by atoms with Crippen LogP contribution in [-0.2, 0) is 18.4 Å². The largest absolute Gasteiger partial charge is 0.485 e. The number of benzene rings is 2. The molecule has 29 heavy (non-hydrogen) atoms. The minimum absolute atomic E-state index is 0.0660. The van der Waals surface area contributed by atoms with Gasteiger partial charge in [0.2, 0.25) is 5.91 Å². The highest BCUT2D eigenvalue weighted by molar-refractivity contribution is 7.99. The van der Waals surface area contributed by atoms with Gasteiger partial charge in [0.25, 0.3) is 0 Å². The quantitative estimate of drug-likeness (QED) is 0.586. The van der Waals surface area contributed by atoms with Crippen molar-refractivity contribution < 1.29 is 9.53 Å². The molecule has 0 fully saturated rings. The van der Waals surface area contributed by atoms with Gasteiger partial charge in [-0.05, 0) is 49.9 Å². The van der Waals surface area contributed by atoms with Gasteiger partial charge in [-0.15, -0.1) is 10.2 Å². The van der Waals surface area contributed by atoms with E-state index in [9.17, 15) is 4.79 Å². The van der Waals surface area contributed by atoms with Crippen molar-refractivity contribution in [3.05, 3.63) is 64.5 Å². The van der Waals surface area contributed by atoms with Gasteiger partial charge in [0.15, 0.2) is 11.0 Å². The van der Waals surface area contributed by atoms with Crippen LogP contribution in [-0.4, -0.2) is 26.4 Å². The van der Waals surface area contributed by atoms with E-state index < -0.39 is 0 Å². The van der Waals surface area contributed by atoms with Crippen molar-refractivity contribution in [1.29, 1.82) is 0 Å². The monoisotopic (exact) mass is 410 g/mol. The molecule has 0 radical (unpaired) electrons. The summed E-state index contributed by atoms with van der Waals surface area (Å²) >= 11 is 1.36. The van der Waals surface area contributed by atoms with Crippen LogP contribution in [0.3, 0.4) is 0 Å². The van der Waals surface area contributed by atoms with Crippen molar-refractivity contribution in [2.24, 2.45) is 7.05 Å². The van der Waals surface area contributed by atoms with Crippen molar-refractivity contribution >= 4 is 23.4 Å². The van der Waals surface area contributed by atoms with E-state index in [1.165, 1.54) is 11.8 Å². The lowest BCUT2D eigenvalue weighted by Crippen LogP contribution is -2.16. The molecule has 0 aliphatic heterocycles. The fourth-order valence-corrected chi connectivity index (χ4v) is 3.81. The van der Waals surface area contributed by atoms with Crippen LogP contribution in [0.2, 0.25) is 0 Å². The van der Waals surface area contributed by atoms with Crippen LogP contribution in [0.4, 0.5) is 5.69 Å². The van der Waals surface area contributed by atoms with Crippen LogP contribution in [0.25, 0.3) is 0 Å². The molecule has 2 aromatic carbocycles. The molecule has 0 spiro atoms. The molecule has 7 heteroatoms. The maximum absolute atomic E-state index is 12.4. The molecule has 1 aromatic heterocycles. The number of ether oxygens (including phenoxy) is 1. The summed E-state index contributed by atoms with van der Waals surface area (Å²) in [7, 11) is 1.88. The summed E-state index contributed by atoms with van der Waals surface area (Å²) in [5, 5.41) is 12.1. The molecule has 0 saturated carbocycles. The Bertz CT molecular complexity index is 989. The molecular formula is C22H26N4O2S. The summed E-state index contributed by atoms with van der Waals surface area (Å²) in [4.78, 5) is 12.4. The van der Waals surface area contributed by atoms with Crippen molar-refractivity contribution in [1.82, 2.24) is 14.8 Å². The Morgan fingerprint density at radius 1 is 1.00 bits per heavy atom. The van der Waals surface area contributed by atoms with E-state index in [0.29, 0.717) is 17.6 Å². The first-order valence-electron chi connectivity index (χ1n) is 9.43. The number of hydrogen-bond acceptors (Lipinski definition) is 5. The van der Waals surface area contributed by atoms with Crippen LogP contribution in [0.15, 0.2) is 41.6 Å². The van der Waals surface area contributed by atoms with Crippen molar-refractivity contribution in [2.75, 3.05) is 11.1 Å². The maximum atomic E-state index is 12.4. The lowest BCUT2D eigenvalue weighted by atomic mass is 10.1. The first-order chi connectivity index (χ1) is 13.9. The van der Waals surface area contributed by atoms with Crippen molar-refractivity contribution in [3.63, 3.8) is 0 Å². The van der Waals surface area contributed by atoms with Crippen molar-refractivity contribution in [3.8, 4) is 5.75 Å². The van der Waals surface area contributed by atoms with E-state index in [0.717, 1.165) is 33.7 Å². The third-order valence-electron chi connectivity index (χ3n) is 4.76. The van der Waals surface area contributed by atoms with Crippen LogP contribution in [0.5, 0.6) is 5.75 Å². The van der Waals surface area contributed by atoms with Crippen molar-refractivity contribution in [2.45, 2.75) is 39.5 Å². The zero-order valence-corrected chi connectivity index (χ0v) is 18.3. The van der Waals surface area contributed by atoms with E-state index >= 15 is 0 Å². The van der Waals surface area contributed by atoms with Crippen LogP contribution < -0.4 is 10.1 Å². The predicted octanol–water partition coefficient (Wildman–Crippen LogP) is 4.36. The standard InChI is InChI=1S/C22H26N4O2S/c1-14-8-6-9-15(2)20(14)23-19(27)13-29-22-25-24-18(26(22)5)12-28-21-16(3)10-7-11-17(21)4/h6-11H,12-13H2,1-5H3,(H,23,27). The maximum Gasteiger partial charge on any atom is 0.234 e. The molecule has 0 unspecified atom stereocenters. The number of aromatic nitrogens is 3. The number of aryl methyl sites for hydroxylation is 4. The average Bonchev–Trinajstić information content (AvgIpc) is 3.02. The molecule has 0 bridgehead atoms. The number of nitrogens with one attached hydrogen (secondary N) is 1. The summed E-state index contributed by atoms with van der Waals surface area (Å²) in [5.41, 5.74) is 5.15. The Morgan fingerprint density at radius 3 is 2.21 bits per heavy atom. The number of nitrogens with zero attached hydrogens (tertiary/aromatic N) is 3. The molecular weight excluding hydrogens is 384 g/mol. The molecule has 1 amide bonds. The number of carbonyl (C=O) groups excluding carboxylic acids is 1. The van der Waals surface area contributed by atoms with Crippen LogP contribution in [0, 0.1) is 27.7 Å². The summed E-state index contributed by atoms with van der Waals surface area (Å²) in [5.74, 6) is 1.78. The molecule has 1 heterocycles. The van der Waals surface area contributed by atoms with Gasteiger partial charge in [-0.3, -0.25) is 4.79 Å². The van der Waals surface area contributed by atoms with Gasteiger partial charge in [-0.1, -0.05) is 48.2 Å². The van der Waals surface area contributed by atoms with Gasteiger partial charge in [-0.2, -0.15) is 0 Å². The normalized spacial score (nSPS) is 10.8. The SMILES string of the molecule is Cc1cccc(C)c1NC(=O)CSc1nnc(COc2c(C)cccc2C)n1C. The van der Waals surface area contributed by atoms with Gasteiger partial charge >= 0.3 is 0 Å². The van der Waals surface area contributed by atoms with Gasteiger partial charge in [0.1, 0.15) is 12.4 Å². The molecule has 6 nitrogen and oxygen atoms in total. The second-order valence-corrected chi connectivity index (χ2v) is 8.01. The Kier molecular flexibility index (Phi) is 6.59. The highest BCUT2D eigenvalue weighted by Crippen LogP contribution is 2.24. The molecule has 0 saturated heterocycles. The molecule has 0 aliphatic rings. The topological polar surface area (TPSA) is 69.0 Å². The number of hydrogen-bond donors (Lipinski definition) is 1. The lowest BCUT2D eigenvalue weighted by molar-refractivity contribution is -0.113. The second-order valence-electron chi connectivity index (χ2n) is 7.07. The Labute approximate surface area is 175 Å². The zero-order chi connectivity index (χ0) is 21.0. The molecule has 3 rings (SSSR count). The summed E-state index contributed by atoms with van der Waals surface area (Å²) in [6.07, 6.45) is 0. The van der Waals surface area contributed by atoms with E-state index in [2.05, 4.69) is 15.5 Å². The fourth-order valence-electron chi connectivity index (χ4n) is 3.08. The van der Waals surface area contributed by atoms with Gasteiger partial charge in [0.05, 0.1) is 5.75 Å². The first kappa shape index (κ1) is 20.9. The van der Waals surface area contributed by atoms with Gasteiger partial charge in [0, 0.05) is 12.7 Å². The van der Waals surface area contributed by atoms with Crippen LogP contribution in [0.1, 0.15) is 28.1 Å². The number of anilines is 1. The van der Waals surface area contributed by atoms with E-state index in [4.69, 9.17) is 4.74 Å². The van der Waals surface area contributed by atoms with E-state index in [-0.39, 0.29) is 11.7 Å². The number of thioether (sulfide) groups is 1. The third-order valence-corrected chi connectivity index (χ3v) is 5.78. The molecule has 0 aliphatic carbocycles. The Hall–Kier alpha value is -2.80. The average molecular weight is 411 g/mol. The van der Waals surface area contributed by atoms with Gasteiger partial charge in [-0.25, -0.2) is 0 Å². The smallest absolute Gasteiger partial charge is 0.234 e. The molecule has 3 aromatic rings. The number of carbonyl (C=O) groups is 1. The number of amides is 1. The predicted molar refractivity (Wildman–Crippen MR) is 117 cm³/mol. The summed E-state index contributed by atoms with van der Waals surface area (Å²) in [6, 6.07) is 12.0. The fraction of sp³-hybridized carbons (Fsp3) is 0.318. The van der Waals surface area contributed by atoms with Crippen LogP contribution >= 0.6 is 11.8 Å². The summed E-state index contributed by atoms with van der Waals surface area (Å²) < 4.78 is 7.83. The first-order valence-corrected chi connectivity index (χ1v) is 10.4. The highest BCUT2D eigenvalue weighted by atomic mass is 32.2. The third kappa shape index (κ3) is 4.98. The number of rotatable bonds is 7.